The van der Waals surface area contributed by atoms with Crippen LogP contribution in [0.5, 0.6) is 0 Å². The van der Waals surface area contributed by atoms with Gasteiger partial charge in [0.25, 0.3) is 0 Å². The first kappa shape index (κ1) is 15.0. The molecule has 0 saturated heterocycles. The van der Waals surface area contributed by atoms with Gasteiger partial charge < -0.3 is 14.7 Å². The molecule has 0 rings (SSSR count). The number of carbonyl (C=O) groups is 2. The van der Waals surface area contributed by atoms with Crippen LogP contribution in [-0.4, -0.2) is 65.6 Å². The number of aliphatic hydroxyl groups is 1. The molecule has 1 amide bonds. The topological polar surface area (TPSA) is 66.8 Å². The summed E-state index contributed by atoms with van der Waals surface area (Å²) in [6.45, 7) is 1.83. The fourth-order valence-electron chi connectivity index (χ4n) is 0.550. The van der Waals surface area contributed by atoms with Crippen molar-refractivity contribution in [2.45, 2.75) is 6.92 Å². The molecule has 70 valence electrons. The zero-order valence-electron chi connectivity index (χ0n) is 6.98. The van der Waals surface area contributed by atoms with E-state index in [0.717, 1.165) is 4.90 Å². The molecule has 0 aromatic rings. The number of rotatable bonds is 4. The molecule has 0 radical (unpaired) electrons. The summed E-state index contributed by atoms with van der Waals surface area (Å²) in [5.74, 6) is -0.727. The first-order valence-corrected chi connectivity index (χ1v) is 3.37. The van der Waals surface area contributed by atoms with Crippen molar-refractivity contribution < 1.29 is 19.4 Å². The predicted molar refractivity (Wildman–Crippen MR) is 48.3 cm³/mol. The summed E-state index contributed by atoms with van der Waals surface area (Å²) in [5, 5.41) is 8.56. The zero-order valence-corrected chi connectivity index (χ0v) is 6.98. The number of amides is 1. The van der Waals surface area contributed by atoms with Crippen molar-refractivity contribution in [1.82, 2.24) is 4.90 Å². The third-order valence-corrected chi connectivity index (χ3v) is 1.14. The molecular weight excluding hydrogens is 185 g/mol. The number of nitrogens with zero attached hydrogens (tertiary/aromatic N) is 1. The van der Waals surface area contributed by atoms with Gasteiger partial charge in [0.2, 0.25) is 6.41 Å². The van der Waals surface area contributed by atoms with Gasteiger partial charge in [0.15, 0.2) is 5.70 Å². The summed E-state index contributed by atoms with van der Waals surface area (Å²) in [4.78, 5) is 22.0. The number of esters is 1. The summed E-state index contributed by atoms with van der Waals surface area (Å²) >= 11 is 0. The maximum absolute atomic E-state index is 10.9. The molecule has 0 aliphatic rings. The first-order valence-electron chi connectivity index (χ1n) is 3.37. The van der Waals surface area contributed by atoms with Crippen molar-refractivity contribution >= 4 is 41.9 Å². The molecule has 0 atom stereocenters. The van der Waals surface area contributed by atoms with Gasteiger partial charge in [0.1, 0.15) is 6.26 Å². The molecule has 0 saturated carbocycles. The first-order chi connectivity index (χ1) is 5.67. The van der Waals surface area contributed by atoms with Crippen LogP contribution in [0.15, 0.2) is 12.0 Å². The average molecular weight is 197 g/mol. The molecule has 13 heavy (non-hydrogen) atoms. The third-order valence-electron chi connectivity index (χ3n) is 1.14. The number of ether oxygens (including phenoxy) is 1. The van der Waals surface area contributed by atoms with E-state index in [1.54, 1.807) is 6.92 Å². The van der Waals surface area contributed by atoms with Gasteiger partial charge in [-0.25, -0.2) is 4.79 Å². The van der Waals surface area contributed by atoms with E-state index in [1.807, 2.05) is 0 Å². The SMILES string of the molecule is CCOC(=O)C(=CO)N(C)C=O.[NaH]. The van der Waals surface area contributed by atoms with E-state index >= 15 is 0 Å². The van der Waals surface area contributed by atoms with E-state index in [2.05, 4.69) is 4.74 Å². The van der Waals surface area contributed by atoms with Gasteiger partial charge in [-0.05, 0) is 6.92 Å². The van der Waals surface area contributed by atoms with Crippen LogP contribution in [0.1, 0.15) is 6.92 Å². The van der Waals surface area contributed by atoms with Crippen LogP contribution in [0.2, 0.25) is 0 Å². The van der Waals surface area contributed by atoms with Crippen LogP contribution in [0, 0.1) is 0 Å². The molecule has 0 heterocycles. The van der Waals surface area contributed by atoms with Gasteiger partial charge in [0, 0.05) is 7.05 Å². The standard InChI is InChI=1S/C7H11NO4.Na.H/c1-3-12-7(11)6(4-9)8(2)5-10;;/h4-5,9H,3H2,1-2H3;;. The van der Waals surface area contributed by atoms with Gasteiger partial charge in [-0.1, -0.05) is 0 Å². The van der Waals surface area contributed by atoms with Crippen LogP contribution >= 0.6 is 0 Å². The Bertz CT molecular complexity index is 205. The number of likely N-dealkylation sites (N-methyl/N-ethyl adjacent to an activating group) is 1. The second kappa shape index (κ2) is 8.10. The Morgan fingerprint density at radius 1 is 1.62 bits per heavy atom. The van der Waals surface area contributed by atoms with Gasteiger partial charge in [0.05, 0.1) is 6.61 Å². The molecule has 0 aliphatic heterocycles. The summed E-state index contributed by atoms with van der Waals surface area (Å²) in [5.41, 5.74) is -0.188. The second-order valence-electron chi connectivity index (χ2n) is 1.95. The fraction of sp³-hybridized carbons (Fsp3) is 0.429. The molecule has 0 unspecified atom stereocenters. The van der Waals surface area contributed by atoms with Gasteiger partial charge in [-0.15, -0.1) is 0 Å². The normalized spacial score (nSPS) is 9.85. The minimum atomic E-state index is -0.727. The van der Waals surface area contributed by atoms with Crippen LogP contribution in [0.25, 0.3) is 0 Å². The Morgan fingerprint density at radius 3 is 2.46 bits per heavy atom. The van der Waals surface area contributed by atoms with Gasteiger partial charge in [-0.2, -0.15) is 0 Å². The van der Waals surface area contributed by atoms with Crippen molar-refractivity contribution in [2.24, 2.45) is 0 Å². The average Bonchev–Trinajstić information content (AvgIpc) is 2.06. The fourth-order valence-corrected chi connectivity index (χ4v) is 0.550. The van der Waals surface area contributed by atoms with E-state index in [0.29, 0.717) is 12.7 Å². The number of hydrogen-bond donors (Lipinski definition) is 1. The molecule has 0 fully saturated rings. The predicted octanol–water partition coefficient (Wildman–Crippen LogP) is -0.611. The van der Waals surface area contributed by atoms with Crippen LogP contribution in [-0.2, 0) is 14.3 Å². The summed E-state index contributed by atoms with van der Waals surface area (Å²) in [6.07, 6.45) is 0.936. The monoisotopic (exact) mass is 197 g/mol. The Labute approximate surface area is 98.6 Å². The summed E-state index contributed by atoms with van der Waals surface area (Å²) in [7, 11) is 1.34. The van der Waals surface area contributed by atoms with E-state index in [9.17, 15) is 9.59 Å². The summed E-state index contributed by atoms with van der Waals surface area (Å²) in [6, 6.07) is 0. The quantitative estimate of drug-likeness (QED) is 0.214. The molecule has 0 aliphatic carbocycles. The molecule has 0 spiro atoms. The van der Waals surface area contributed by atoms with Crippen molar-refractivity contribution in [3.63, 3.8) is 0 Å². The molecule has 0 bridgehead atoms. The number of carbonyl (C=O) groups excluding carboxylic acids is 2. The van der Waals surface area contributed by atoms with Crippen molar-refractivity contribution in [1.29, 1.82) is 0 Å². The molecule has 0 aromatic heterocycles. The number of aliphatic hydroxyl groups excluding tert-OH is 1. The van der Waals surface area contributed by atoms with Crippen LogP contribution < -0.4 is 0 Å². The zero-order chi connectivity index (χ0) is 9.56. The van der Waals surface area contributed by atoms with E-state index in [-0.39, 0.29) is 41.9 Å². The van der Waals surface area contributed by atoms with E-state index < -0.39 is 5.97 Å². The summed E-state index contributed by atoms with van der Waals surface area (Å²) < 4.78 is 4.55. The number of hydrogen-bond acceptors (Lipinski definition) is 4. The van der Waals surface area contributed by atoms with Crippen molar-refractivity contribution in [3.05, 3.63) is 12.0 Å². The molecule has 5 nitrogen and oxygen atoms in total. The molecule has 0 aromatic carbocycles. The second-order valence-corrected chi connectivity index (χ2v) is 1.95. The third kappa shape index (κ3) is 4.92. The molecule has 1 N–H and O–H groups in total. The Kier molecular flexibility index (Phi) is 9.33. The molecular formula is C7H12NNaO4. The van der Waals surface area contributed by atoms with Crippen molar-refractivity contribution in [3.8, 4) is 0 Å². The minimum absolute atomic E-state index is 0. The Balaban J connectivity index is 0. The molecule has 6 heteroatoms. The van der Waals surface area contributed by atoms with E-state index in [1.165, 1.54) is 7.05 Å². The van der Waals surface area contributed by atoms with Crippen LogP contribution in [0.3, 0.4) is 0 Å². The Hall–Kier alpha value is -0.520. The van der Waals surface area contributed by atoms with Gasteiger partial charge >= 0.3 is 35.5 Å². The van der Waals surface area contributed by atoms with Crippen LogP contribution in [0.4, 0.5) is 0 Å². The van der Waals surface area contributed by atoms with Gasteiger partial charge in [-0.3, -0.25) is 4.79 Å². The maximum atomic E-state index is 10.9. The van der Waals surface area contributed by atoms with Crippen molar-refractivity contribution in [2.75, 3.05) is 13.7 Å². The Morgan fingerprint density at radius 2 is 2.15 bits per heavy atom. The van der Waals surface area contributed by atoms with E-state index in [4.69, 9.17) is 5.11 Å².